The highest BCUT2D eigenvalue weighted by Gasteiger charge is 2.29. The van der Waals surface area contributed by atoms with Crippen LogP contribution < -0.4 is 4.74 Å². The number of oxime groups is 2. The summed E-state index contributed by atoms with van der Waals surface area (Å²) in [6.07, 6.45) is -3.08. The number of carbonyl (C=O) groups excluding carboxylic acids is 1. The Balaban J connectivity index is 1.71. The first-order valence-electron chi connectivity index (χ1n) is 12.8. The smallest absolute Gasteiger partial charge is 0.416 e. The standard InChI is InChI=1S/C31H31F3N2O6/c1-5-41-36-29(21(2)35-42-19-24-8-6-7-9-27(24)28(20-38-3)30(37)39-4)23-12-16-26(17-13-23)40-18-22-10-14-25(15-11-22)31(32,33)34/h6-17,20H,5,18-19H2,1-4H3. The van der Waals surface area contributed by atoms with Crippen LogP contribution in [0.2, 0.25) is 0 Å². The van der Waals surface area contributed by atoms with E-state index in [-0.39, 0.29) is 18.8 Å². The van der Waals surface area contributed by atoms with E-state index in [1.807, 2.05) is 6.07 Å². The highest BCUT2D eigenvalue weighted by atomic mass is 19.4. The number of alkyl halides is 3. The zero-order valence-electron chi connectivity index (χ0n) is 23.6. The van der Waals surface area contributed by atoms with Crippen molar-refractivity contribution < 1.29 is 41.9 Å². The predicted octanol–water partition coefficient (Wildman–Crippen LogP) is 6.78. The first kappa shape index (κ1) is 31.7. The number of methoxy groups -OCH3 is 2. The Hall–Kier alpha value is -4.80. The Morgan fingerprint density at radius 1 is 0.881 bits per heavy atom. The van der Waals surface area contributed by atoms with Gasteiger partial charge in [0.2, 0.25) is 0 Å². The molecule has 3 rings (SSSR count). The number of rotatable bonds is 13. The highest BCUT2D eigenvalue weighted by Crippen LogP contribution is 2.29. The third kappa shape index (κ3) is 8.85. The Kier molecular flexibility index (Phi) is 11.5. The second-order valence-corrected chi connectivity index (χ2v) is 8.73. The molecule has 0 N–H and O–H groups in total. The summed E-state index contributed by atoms with van der Waals surface area (Å²) in [5.74, 6) is -0.0377. The van der Waals surface area contributed by atoms with Crippen LogP contribution in [0.3, 0.4) is 0 Å². The minimum atomic E-state index is -4.39. The molecule has 0 amide bonds. The fourth-order valence-electron chi connectivity index (χ4n) is 3.72. The summed E-state index contributed by atoms with van der Waals surface area (Å²) in [5, 5.41) is 8.39. The molecule has 0 radical (unpaired) electrons. The summed E-state index contributed by atoms with van der Waals surface area (Å²) in [7, 11) is 2.72. The minimum Gasteiger partial charge on any atom is -0.503 e. The van der Waals surface area contributed by atoms with Gasteiger partial charge in [-0.05, 0) is 61.4 Å². The summed E-state index contributed by atoms with van der Waals surface area (Å²) in [4.78, 5) is 23.2. The molecule has 0 aliphatic carbocycles. The second kappa shape index (κ2) is 15.3. The molecule has 0 bridgehead atoms. The molecular formula is C31H31F3N2O6. The van der Waals surface area contributed by atoms with Crippen molar-refractivity contribution in [1.82, 2.24) is 0 Å². The van der Waals surface area contributed by atoms with Crippen molar-refractivity contribution >= 4 is 23.0 Å². The number of ether oxygens (including phenoxy) is 3. The summed E-state index contributed by atoms with van der Waals surface area (Å²) < 4.78 is 54.0. The first-order valence-corrected chi connectivity index (χ1v) is 12.8. The van der Waals surface area contributed by atoms with Gasteiger partial charge in [0.25, 0.3) is 0 Å². The molecule has 42 heavy (non-hydrogen) atoms. The molecule has 222 valence electrons. The van der Waals surface area contributed by atoms with E-state index in [0.29, 0.717) is 46.0 Å². The number of benzene rings is 3. The molecule has 0 spiro atoms. The number of hydrogen-bond acceptors (Lipinski definition) is 8. The van der Waals surface area contributed by atoms with Gasteiger partial charge < -0.3 is 23.9 Å². The molecular weight excluding hydrogens is 553 g/mol. The number of carbonyl (C=O) groups is 1. The Morgan fingerprint density at radius 2 is 1.57 bits per heavy atom. The van der Waals surface area contributed by atoms with Gasteiger partial charge in [-0.15, -0.1) is 0 Å². The number of nitrogens with zero attached hydrogens (tertiary/aromatic N) is 2. The topological polar surface area (TPSA) is 87.9 Å². The first-order chi connectivity index (χ1) is 20.2. The summed E-state index contributed by atoms with van der Waals surface area (Å²) in [6.45, 7) is 3.99. The number of hydrogen-bond donors (Lipinski definition) is 0. The van der Waals surface area contributed by atoms with Crippen LogP contribution in [0, 0.1) is 0 Å². The Morgan fingerprint density at radius 3 is 2.19 bits per heavy atom. The summed E-state index contributed by atoms with van der Waals surface area (Å²) >= 11 is 0. The van der Waals surface area contributed by atoms with Gasteiger partial charge in [0.05, 0.1) is 26.0 Å². The Labute approximate surface area is 242 Å². The fourth-order valence-corrected chi connectivity index (χ4v) is 3.72. The molecule has 3 aromatic rings. The summed E-state index contributed by atoms with van der Waals surface area (Å²) in [6, 6.07) is 18.9. The zero-order chi connectivity index (χ0) is 30.5. The SMILES string of the molecule is CCON=C(C(C)=NOCc1ccccc1C(=COC)C(=O)OC)c1ccc(OCc2ccc(C(F)(F)F)cc2)cc1. The van der Waals surface area contributed by atoms with Crippen LogP contribution in [0.15, 0.2) is 89.4 Å². The Bertz CT molecular complexity index is 1420. The predicted molar refractivity (Wildman–Crippen MR) is 152 cm³/mol. The van der Waals surface area contributed by atoms with Crippen LogP contribution in [0.25, 0.3) is 5.57 Å². The van der Waals surface area contributed by atoms with E-state index in [2.05, 4.69) is 10.3 Å². The maximum absolute atomic E-state index is 12.8. The lowest BCUT2D eigenvalue weighted by Crippen LogP contribution is -2.14. The van der Waals surface area contributed by atoms with E-state index in [9.17, 15) is 18.0 Å². The van der Waals surface area contributed by atoms with Gasteiger partial charge >= 0.3 is 12.1 Å². The largest absolute Gasteiger partial charge is 0.503 e. The van der Waals surface area contributed by atoms with Crippen LogP contribution in [0.5, 0.6) is 5.75 Å². The quantitative estimate of drug-likeness (QED) is 0.0724. The van der Waals surface area contributed by atoms with Crippen molar-refractivity contribution in [1.29, 1.82) is 0 Å². The second-order valence-electron chi connectivity index (χ2n) is 8.73. The van der Waals surface area contributed by atoms with Crippen molar-refractivity contribution in [3.8, 4) is 5.75 Å². The molecule has 11 heteroatoms. The van der Waals surface area contributed by atoms with Crippen molar-refractivity contribution in [3.05, 3.63) is 107 Å². The van der Waals surface area contributed by atoms with E-state index >= 15 is 0 Å². The van der Waals surface area contributed by atoms with Crippen LogP contribution in [0.1, 0.15) is 41.7 Å². The van der Waals surface area contributed by atoms with E-state index in [4.69, 9.17) is 23.9 Å². The molecule has 0 aliphatic heterocycles. The maximum atomic E-state index is 12.8. The van der Waals surface area contributed by atoms with E-state index in [0.717, 1.165) is 12.1 Å². The lowest BCUT2D eigenvalue weighted by Gasteiger charge is -2.12. The fraction of sp³-hybridized carbons (Fsp3) is 0.258. The minimum absolute atomic E-state index is 0.0458. The molecule has 3 aromatic carbocycles. The summed E-state index contributed by atoms with van der Waals surface area (Å²) in [5.41, 5.74) is 2.91. The number of halogens is 3. The zero-order valence-corrected chi connectivity index (χ0v) is 23.6. The molecule has 0 fully saturated rings. The van der Waals surface area contributed by atoms with Gasteiger partial charge in [-0.1, -0.05) is 46.7 Å². The molecule has 0 aliphatic rings. The van der Waals surface area contributed by atoms with Crippen LogP contribution in [0.4, 0.5) is 13.2 Å². The van der Waals surface area contributed by atoms with Crippen molar-refractivity contribution in [2.24, 2.45) is 10.3 Å². The van der Waals surface area contributed by atoms with Gasteiger partial charge in [0.1, 0.15) is 42.6 Å². The van der Waals surface area contributed by atoms with Gasteiger partial charge in [0, 0.05) is 11.1 Å². The molecule has 0 heterocycles. The van der Waals surface area contributed by atoms with E-state index < -0.39 is 17.7 Å². The average molecular weight is 585 g/mol. The van der Waals surface area contributed by atoms with Crippen LogP contribution in [-0.2, 0) is 43.3 Å². The van der Waals surface area contributed by atoms with Crippen molar-refractivity contribution in [2.75, 3.05) is 20.8 Å². The normalized spacial score (nSPS) is 12.5. The van der Waals surface area contributed by atoms with Crippen molar-refractivity contribution in [3.63, 3.8) is 0 Å². The maximum Gasteiger partial charge on any atom is 0.416 e. The van der Waals surface area contributed by atoms with E-state index in [1.54, 1.807) is 56.3 Å². The van der Waals surface area contributed by atoms with E-state index in [1.165, 1.54) is 32.6 Å². The third-order valence-corrected chi connectivity index (χ3v) is 5.81. The average Bonchev–Trinajstić information content (AvgIpc) is 2.99. The molecule has 0 unspecified atom stereocenters. The molecule has 0 aromatic heterocycles. The number of esters is 1. The van der Waals surface area contributed by atoms with Gasteiger partial charge in [0.15, 0.2) is 0 Å². The third-order valence-electron chi connectivity index (χ3n) is 5.81. The molecule has 0 saturated heterocycles. The lowest BCUT2D eigenvalue weighted by molar-refractivity contribution is -0.137. The van der Waals surface area contributed by atoms with Crippen molar-refractivity contribution in [2.45, 2.75) is 33.2 Å². The van der Waals surface area contributed by atoms with Crippen LogP contribution >= 0.6 is 0 Å². The monoisotopic (exact) mass is 584 g/mol. The van der Waals surface area contributed by atoms with Gasteiger partial charge in [-0.2, -0.15) is 13.2 Å². The highest BCUT2D eigenvalue weighted by molar-refractivity contribution is 6.47. The molecule has 8 nitrogen and oxygen atoms in total. The van der Waals surface area contributed by atoms with Gasteiger partial charge in [-0.25, -0.2) is 4.79 Å². The van der Waals surface area contributed by atoms with Gasteiger partial charge in [-0.3, -0.25) is 0 Å². The lowest BCUT2D eigenvalue weighted by atomic mass is 10.0. The molecule has 0 saturated carbocycles. The molecule has 0 atom stereocenters. The van der Waals surface area contributed by atoms with Crippen LogP contribution in [-0.4, -0.2) is 38.2 Å².